The number of benzene rings is 3. The average Bonchev–Trinajstić information content (AvgIpc) is 3.47. The normalized spacial score (nSPS) is 15.9. The van der Waals surface area contributed by atoms with Gasteiger partial charge >= 0.3 is 0 Å². The molecular formula is C31H33N3O5S. The number of carbonyl (C=O) groups is 2. The first-order chi connectivity index (χ1) is 19.0. The first-order valence-electron chi connectivity index (χ1n) is 13.2. The van der Waals surface area contributed by atoms with Crippen molar-refractivity contribution in [2.45, 2.75) is 51.5 Å². The molecule has 1 aromatic heterocycles. The summed E-state index contributed by atoms with van der Waals surface area (Å²) in [6.45, 7) is 7.38. The molecule has 3 aromatic carbocycles. The lowest BCUT2D eigenvalue weighted by atomic mass is 10.0. The number of H-pyrrole nitrogens is 1. The number of imide groups is 1. The minimum atomic E-state index is -4.17. The molecule has 1 saturated heterocycles. The van der Waals surface area contributed by atoms with Crippen LogP contribution in [0, 0.1) is 27.7 Å². The number of aromatic nitrogens is 1. The highest BCUT2D eigenvalue weighted by atomic mass is 32.2. The number of sulfonamides is 1. The number of anilines is 1. The highest BCUT2D eigenvalue weighted by Crippen LogP contribution is 2.34. The van der Waals surface area contributed by atoms with Crippen LogP contribution in [0.4, 0.5) is 5.69 Å². The summed E-state index contributed by atoms with van der Waals surface area (Å²) in [5.74, 6) is -0.415. The molecule has 5 rings (SSSR count). The first kappa shape index (κ1) is 27.6. The van der Waals surface area contributed by atoms with E-state index in [4.69, 9.17) is 4.74 Å². The largest absolute Gasteiger partial charge is 0.497 e. The summed E-state index contributed by atoms with van der Waals surface area (Å²) in [4.78, 5) is 31.6. The third-order valence-electron chi connectivity index (χ3n) is 7.94. The smallest absolute Gasteiger partial charge is 0.252 e. The Hall–Kier alpha value is -3.95. The van der Waals surface area contributed by atoms with E-state index in [9.17, 15) is 18.0 Å². The number of carbonyl (C=O) groups excluding carboxylic acids is 2. The fourth-order valence-corrected chi connectivity index (χ4v) is 7.70. The summed E-state index contributed by atoms with van der Waals surface area (Å²) in [5.41, 5.74) is 5.26. The zero-order chi connectivity index (χ0) is 28.8. The number of amides is 2. The van der Waals surface area contributed by atoms with E-state index in [0.29, 0.717) is 29.0 Å². The van der Waals surface area contributed by atoms with Gasteiger partial charge in [0.15, 0.2) is 0 Å². The zero-order valence-electron chi connectivity index (χ0n) is 23.3. The molecule has 0 radical (unpaired) electrons. The highest BCUT2D eigenvalue weighted by Gasteiger charge is 2.47. The van der Waals surface area contributed by atoms with E-state index < -0.39 is 27.9 Å². The van der Waals surface area contributed by atoms with Crippen molar-refractivity contribution in [1.29, 1.82) is 0 Å². The van der Waals surface area contributed by atoms with Gasteiger partial charge in [0.25, 0.3) is 5.91 Å². The van der Waals surface area contributed by atoms with Gasteiger partial charge in [-0.2, -0.15) is 4.31 Å². The van der Waals surface area contributed by atoms with E-state index in [0.717, 1.165) is 32.5 Å². The number of rotatable bonds is 8. The van der Waals surface area contributed by atoms with Crippen LogP contribution in [-0.4, -0.2) is 49.2 Å². The SMILES string of the molecule is COc1ccc(N2C(=O)CC(N(CCc3c[nH]c4ccccc34)S(=O)(=O)c3c(C)c(C)cc(C)c3C)C2=O)cc1. The summed E-state index contributed by atoms with van der Waals surface area (Å²) >= 11 is 0. The number of aryl methyl sites for hydroxylation is 2. The van der Waals surface area contributed by atoms with Crippen LogP contribution in [0.5, 0.6) is 5.75 Å². The topological polar surface area (TPSA) is 99.8 Å². The maximum absolute atomic E-state index is 14.5. The standard InChI is InChI=1S/C31H33N3O5S/c1-19-16-20(2)22(4)30(21(19)3)40(37,38)33(15-14-23-18-32-27-9-7-6-8-26(23)27)28-17-29(35)34(31(28)36)24-10-12-25(39-5)13-11-24/h6-13,16,18,28,32H,14-15,17H2,1-5H3. The molecule has 0 bridgehead atoms. The van der Waals surface area contributed by atoms with Crippen LogP contribution in [0.15, 0.2) is 65.7 Å². The van der Waals surface area contributed by atoms with Gasteiger partial charge in [-0.3, -0.25) is 9.59 Å². The lowest BCUT2D eigenvalue weighted by Gasteiger charge is -2.29. The van der Waals surface area contributed by atoms with Gasteiger partial charge in [0.2, 0.25) is 15.9 Å². The van der Waals surface area contributed by atoms with Gasteiger partial charge in [0, 0.05) is 23.6 Å². The third-order valence-corrected chi connectivity index (χ3v) is 10.1. The zero-order valence-corrected chi connectivity index (χ0v) is 24.1. The predicted molar refractivity (Wildman–Crippen MR) is 155 cm³/mol. The minimum absolute atomic E-state index is 0.0379. The molecule has 2 amide bonds. The van der Waals surface area contributed by atoms with Crippen LogP contribution >= 0.6 is 0 Å². The van der Waals surface area contributed by atoms with Gasteiger partial charge in [0.1, 0.15) is 11.8 Å². The average molecular weight is 560 g/mol. The second-order valence-electron chi connectivity index (χ2n) is 10.3. The molecule has 1 aliphatic rings. The quantitative estimate of drug-likeness (QED) is 0.307. The monoisotopic (exact) mass is 559 g/mol. The van der Waals surface area contributed by atoms with Gasteiger partial charge in [0.05, 0.1) is 24.1 Å². The Bertz CT molecular complexity index is 1700. The number of fused-ring (bicyclic) bond motifs is 1. The number of nitrogens with one attached hydrogen (secondary N) is 1. The lowest BCUT2D eigenvalue weighted by Crippen LogP contribution is -2.46. The van der Waals surface area contributed by atoms with Crippen molar-refractivity contribution in [3.8, 4) is 5.75 Å². The fraction of sp³-hybridized carbons (Fsp3) is 0.290. The Morgan fingerprint density at radius 2 is 1.62 bits per heavy atom. The molecule has 9 heteroatoms. The van der Waals surface area contributed by atoms with Crippen LogP contribution < -0.4 is 9.64 Å². The molecule has 1 fully saturated rings. The molecule has 208 valence electrons. The van der Waals surface area contributed by atoms with Crippen LogP contribution in [0.3, 0.4) is 0 Å². The van der Waals surface area contributed by atoms with Gasteiger partial charge in [-0.1, -0.05) is 24.3 Å². The van der Waals surface area contributed by atoms with Crippen molar-refractivity contribution >= 4 is 38.4 Å². The number of methoxy groups -OCH3 is 1. The maximum Gasteiger partial charge on any atom is 0.252 e. The number of hydrogen-bond acceptors (Lipinski definition) is 5. The van der Waals surface area contributed by atoms with Gasteiger partial charge in [-0.15, -0.1) is 0 Å². The Labute approximate surface area is 234 Å². The van der Waals surface area contributed by atoms with Crippen molar-refractivity contribution in [3.05, 3.63) is 88.6 Å². The molecule has 0 spiro atoms. The summed E-state index contributed by atoms with van der Waals surface area (Å²) in [6, 6.07) is 15.2. The van der Waals surface area contributed by atoms with E-state index in [1.165, 1.54) is 11.4 Å². The van der Waals surface area contributed by atoms with E-state index >= 15 is 0 Å². The predicted octanol–water partition coefficient (Wildman–Crippen LogP) is 4.98. The molecule has 40 heavy (non-hydrogen) atoms. The number of hydrogen-bond donors (Lipinski definition) is 1. The number of ether oxygens (including phenoxy) is 1. The molecule has 1 N–H and O–H groups in total. The van der Waals surface area contributed by atoms with Crippen molar-refractivity contribution in [2.24, 2.45) is 0 Å². The summed E-state index contributed by atoms with van der Waals surface area (Å²) in [5, 5.41) is 0.993. The molecule has 8 nitrogen and oxygen atoms in total. The number of para-hydroxylation sites is 1. The van der Waals surface area contributed by atoms with E-state index in [2.05, 4.69) is 4.98 Å². The molecule has 4 aromatic rings. The highest BCUT2D eigenvalue weighted by molar-refractivity contribution is 7.89. The third kappa shape index (κ3) is 4.69. The molecule has 1 aliphatic heterocycles. The van der Waals surface area contributed by atoms with Gasteiger partial charge < -0.3 is 9.72 Å². The molecule has 1 unspecified atom stereocenters. The Morgan fingerprint density at radius 3 is 2.27 bits per heavy atom. The van der Waals surface area contributed by atoms with E-state index in [1.807, 2.05) is 50.4 Å². The summed E-state index contributed by atoms with van der Waals surface area (Å²) in [7, 11) is -2.63. The summed E-state index contributed by atoms with van der Waals surface area (Å²) < 4.78 is 35.4. The molecule has 1 atom stereocenters. The van der Waals surface area contributed by atoms with Gasteiger partial charge in [-0.05, 0) is 92.3 Å². The fourth-order valence-electron chi connectivity index (χ4n) is 5.54. The van der Waals surface area contributed by atoms with Crippen molar-refractivity contribution in [1.82, 2.24) is 9.29 Å². The lowest BCUT2D eigenvalue weighted by molar-refractivity contribution is -0.122. The molecular weight excluding hydrogens is 526 g/mol. The molecule has 2 heterocycles. The Morgan fingerprint density at radius 1 is 0.975 bits per heavy atom. The van der Waals surface area contributed by atoms with Crippen LogP contribution in [0.1, 0.15) is 34.2 Å². The van der Waals surface area contributed by atoms with Crippen LogP contribution in [-0.2, 0) is 26.0 Å². The van der Waals surface area contributed by atoms with Crippen LogP contribution in [0.25, 0.3) is 10.9 Å². The van der Waals surface area contributed by atoms with Crippen molar-refractivity contribution in [3.63, 3.8) is 0 Å². The molecule has 0 aliphatic carbocycles. The molecule has 0 saturated carbocycles. The Balaban J connectivity index is 1.57. The second kappa shape index (κ2) is 10.6. The number of aromatic amines is 1. The maximum atomic E-state index is 14.5. The van der Waals surface area contributed by atoms with Gasteiger partial charge in [-0.25, -0.2) is 13.3 Å². The first-order valence-corrected chi connectivity index (χ1v) is 14.6. The summed E-state index contributed by atoms with van der Waals surface area (Å²) in [6.07, 6.45) is 2.00. The van der Waals surface area contributed by atoms with Crippen molar-refractivity contribution in [2.75, 3.05) is 18.6 Å². The van der Waals surface area contributed by atoms with Crippen molar-refractivity contribution < 1.29 is 22.7 Å². The van der Waals surface area contributed by atoms with E-state index in [1.54, 1.807) is 38.1 Å². The van der Waals surface area contributed by atoms with E-state index in [-0.39, 0.29) is 17.9 Å². The number of nitrogens with zero attached hydrogens (tertiary/aromatic N) is 2. The Kier molecular flexibility index (Phi) is 7.29. The second-order valence-corrected chi connectivity index (χ2v) is 12.1. The van der Waals surface area contributed by atoms with Crippen LogP contribution in [0.2, 0.25) is 0 Å². The minimum Gasteiger partial charge on any atom is -0.497 e.